The lowest BCUT2D eigenvalue weighted by Gasteiger charge is -2.30. The standard InChI is InChI=1S/C12H22/c1-3-12(2)7-6-10-4-5-11(8-10)9-12/h10-11H,3-9H2,1-2H3. The van der Waals surface area contributed by atoms with Crippen LogP contribution in [0.5, 0.6) is 0 Å². The zero-order valence-corrected chi connectivity index (χ0v) is 8.60. The van der Waals surface area contributed by atoms with Gasteiger partial charge in [-0.25, -0.2) is 0 Å². The third kappa shape index (κ3) is 1.53. The fourth-order valence-electron chi connectivity index (χ4n) is 3.30. The molecule has 0 aromatic carbocycles. The Hall–Kier alpha value is 0. The monoisotopic (exact) mass is 166 g/mol. The van der Waals surface area contributed by atoms with E-state index in [1.165, 1.54) is 25.7 Å². The van der Waals surface area contributed by atoms with Crippen LogP contribution in [-0.4, -0.2) is 0 Å². The molecule has 0 aliphatic heterocycles. The first-order valence-corrected chi connectivity index (χ1v) is 5.72. The van der Waals surface area contributed by atoms with Gasteiger partial charge in [-0.15, -0.1) is 0 Å². The summed E-state index contributed by atoms with van der Waals surface area (Å²) in [6.45, 7) is 4.88. The van der Waals surface area contributed by atoms with Gasteiger partial charge in [-0.2, -0.15) is 0 Å². The Kier molecular flexibility index (Phi) is 2.18. The Balaban J connectivity index is 2.04. The Morgan fingerprint density at radius 1 is 1.17 bits per heavy atom. The van der Waals surface area contributed by atoms with Crippen molar-refractivity contribution < 1.29 is 0 Å². The smallest absolute Gasteiger partial charge is 0.0326 e. The molecule has 3 unspecified atom stereocenters. The Labute approximate surface area is 76.7 Å². The van der Waals surface area contributed by atoms with E-state index in [2.05, 4.69) is 13.8 Å². The molecule has 0 N–H and O–H groups in total. The van der Waals surface area contributed by atoms with Crippen LogP contribution in [0.25, 0.3) is 0 Å². The molecule has 3 atom stereocenters. The highest BCUT2D eigenvalue weighted by atomic mass is 14.4. The van der Waals surface area contributed by atoms with Crippen molar-refractivity contribution in [3.05, 3.63) is 0 Å². The molecule has 0 heterocycles. The van der Waals surface area contributed by atoms with Crippen molar-refractivity contribution >= 4 is 0 Å². The summed E-state index contributed by atoms with van der Waals surface area (Å²) in [5.74, 6) is 2.21. The minimum absolute atomic E-state index is 0.708. The Bertz CT molecular complexity index is 161. The van der Waals surface area contributed by atoms with Crippen molar-refractivity contribution in [1.29, 1.82) is 0 Å². The molecule has 2 rings (SSSR count). The third-order valence-corrected chi connectivity index (χ3v) is 4.44. The van der Waals surface area contributed by atoms with E-state index >= 15 is 0 Å². The minimum atomic E-state index is 0.708. The van der Waals surface area contributed by atoms with Gasteiger partial charge in [-0.1, -0.05) is 33.1 Å². The summed E-state index contributed by atoms with van der Waals surface area (Å²) in [5.41, 5.74) is 0.708. The van der Waals surface area contributed by atoms with Crippen molar-refractivity contribution in [2.24, 2.45) is 17.3 Å². The van der Waals surface area contributed by atoms with Crippen molar-refractivity contribution in [2.75, 3.05) is 0 Å². The second kappa shape index (κ2) is 3.05. The van der Waals surface area contributed by atoms with Gasteiger partial charge in [0.2, 0.25) is 0 Å². The molecule has 0 saturated heterocycles. The average Bonchev–Trinajstić information content (AvgIpc) is 2.40. The van der Waals surface area contributed by atoms with E-state index in [9.17, 15) is 0 Å². The molecule has 2 saturated carbocycles. The van der Waals surface area contributed by atoms with Crippen molar-refractivity contribution in [1.82, 2.24) is 0 Å². The molecule has 0 aromatic heterocycles. The molecule has 0 aromatic rings. The molecular weight excluding hydrogens is 144 g/mol. The zero-order chi connectivity index (χ0) is 8.60. The van der Waals surface area contributed by atoms with E-state index in [4.69, 9.17) is 0 Å². The van der Waals surface area contributed by atoms with Crippen molar-refractivity contribution in [3.63, 3.8) is 0 Å². The highest BCUT2D eigenvalue weighted by Crippen LogP contribution is 2.48. The number of rotatable bonds is 1. The second-order valence-corrected chi connectivity index (χ2v) is 5.45. The van der Waals surface area contributed by atoms with Crippen LogP contribution >= 0.6 is 0 Å². The maximum Gasteiger partial charge on any atom is -0.0326 e. The van der Waals surface area contributed by atoms with Gasteiger partial charge >= 0.3 is 0 Å². The first-order valence-electron chi connectivity index (χ1n) is 5.72. The lowest BCUT2D eigenvalue weighted by atomic mass is 9.76. The lowest BCUT2D eigenvalue weighted by Crippen LogP contribution is -2.18. The zero-order valence-electron chi connectivity index (χ0n) is 8.60. The van der Waals surface area contributed by atoms with Crippen LogP contribution < -0.4 is 0 Å². The van der Waals surface area contributed by atoms with Gasteiger partial charge in [0.15, 0.2) is 0 Å². The fourth-order valence-corrected chi connectivity index (χ4v) is 3.30. The molecule has 2 bridgehead atoms. The molecule has 0 nitrogen and oxygen atoms in total. The van der Waals surface area contributed by atoms with E-state index in [0.717, 1.165) is 11.8 Å². The van der Waals surface area contributed by atoms with Gasteiger partial charge in [-0.3, -0.25) is 0 Å². The number of hydrogen-bond acceptors (Lipinski definition) is 0. The SMILES string of the molecule is CCC1(C)CCC2CCC(C2)C1. The summed E-state index contributed by atoms with van der Waals surface area (Å²) in [6.07, 6.45) is 10.6. The molecule has 2 aliphatic carbocycles. The van der Waals surface area contributed by atoms with Gasteiger partial charge in [0, 0.05) is 0 Å². The fraction of sp³-hybridized carbons (Fsp3) is 1.00. The topological polar surface area (TPSA) is 0 Å². The van der Waals surface area contributed by atoms with Crippen LogP contribution in [0.2, 0.25) is 0 Å². The first kappa shape index (κ1) is 8.59. The van der Waals surface area contributed by atoms with Crippen molar-refractivity contribution in [3.8, 4) is 0 Å². The molecular formula is C12H22. The molecule has 2 aliphatic rings. The summed E-state index contributed by atoms with van der Waals surface area (Å²) in [7, 11) is 0. The first-order chi connectivity index (χ1) is 5.72. The normalized spacial score (nSPS) is 47.5. The van der Waals surface area contributed by atoms with Crippen molar-refractivity contribution in [2.45, 2.75) is 58.8 Å². The van der Waals surface area contributed by atoms with E-state index in [-0.39, 0.29) is 0 Å². The quantitative estimate of drug-likeness (QED) is 0.552. The average molecular weight is 166 g/mol. The lowest BCUT2D eigenvalue weighted by molar-refractivity contribution is 0.217. The molecule has 0 heteroatoms. The summed E-state index contributed by atoms with van der Waals surface area (Å²) < 4.78 is 0. The molecule has 70 valence electrons. The van der Waals surface area contributed by atoms with E-state index in [1.807, 2.05) is 0 Å². The molecule has 0 spiro atoms. The molecule has 0 radical (unpaired) electrons. The molecule has 12 heavy (non-hydrogen) atoms. The summed E-state index contributed by atoms with van der Waals surface area (Å²) >= 11 is 0. The summed E-state index contributed by atoms with van der Waals surface area (Å²) in [6, 6.07) is 0. The van der Waals surface area contributed by atoms with Crippen LogP contribution in [0.3, 0.4) is 0 Å². The number of hydrogen-bond donors (Lipinski definition) is 0. The highest BCUT2D eigenvalue weighted by Gasteiger charge is 2.35. The van der Waals surface area contributed by atoms with Crippen LogP contribution in [0.15, 0.2) is 0 Å². The van der Waals surface area contributed by atoms with Crippen LogP contribution in [0.4, 0.5) is 0 Å². The Morgan fingerprint density at radius 3 is 2.67 bits per heavy atom. The number of fused-ring (bicyclic) bond motifs is 2. The predicted molar refractivity (Wildman–Crippen MR) is 53.1 cm³/mol. The molecule has 2 fully saturated rings. The predicted octanol–water partition coefficient (Wildman–Crippen LogP) is 4.00. The Morgan fingerprint density at radius 2 is 1.92 bits per heavy atom. The maximum atomic E-state index is 2.51. The molecule has 0 amide bonds. The van der Waals surface area contributed by atoms with Gasteiger partial charge in [0.25, 0.3) is 0 Å². The summed E-state index contributed by atoms with van der Waals surface area (Å²) in [5, 5.41) is 0. The van der Waals surface area contributed by atoms with Crippen LogP contribution in [0, 0.1) is 17.3 Å². The highest BCUT2D eigenvalue weighted by molar-refractivity contribution is 4.87. The van der Waals surface area contributed by atoms with Crippen LogP contribution in [-0.2, 0) is 0 Å². The van der Waals surface area contributed by atoms with E-state index < -0.39 is 0 Å². The summed E-state index contributed by atoms with van der Waals surface area (Å²) in [4.78, 5) is 0. The minimum Gasteiger partial charge on any atom is -0.0649 e. The van der Waals surface area contributed by atoms with Gasteiger partial charge in [-0.05, 0) is 42.9 Å². The second-order valence-electron chi connectivity index (χ2n) is 5.45. The van der Waals surface area contributed by atoms with Gasteiger partial charge in [0.1, 0.15) is 0 Å². The van der Waals surface area contributed by atoms with E-state index in [1.54, 1.807) is 19.3 Å². The third-order valence-electron chi connectivity index (χ3n) is 4.44. The van der Waals surface area contributed by atoms with Gasteiger partial charge in [0.05, 0.1) is 0 Å². The largest absolute Gasteiger partial charge is 0.0649 e. The van der Waals surface area contributed by atoms with Gasteiger partial charge < -0.3 is 0 Å². The van der Waals surface area contributed by atoms with Crippen LogP contribution in [0.1, 0.15) is 58.8 Å². The maximum absolute atomic E-state index is 2.51. The van der Waals surface area contributed by atoms with E-state index in [0.29, 0.717) is 5.41 Å².